The molecule has 0 aliphatic carbocycles. The predicted octanol–water partition coefficient (Wildman–Crippen LogP) is 5.44. The normalized spacial score (nSPS) is 17.5. The van der Waals surface area contributed by atoms with Gasteiger partial charge in [-0.25, -0.2) is 4.98 Å². The number of hydrogen-bond acceptors (Lipinski definition) is 6. The van der Waals surface area contributed by atoms with Gasteiger partial charge in [0.25, 0.3) is 0 Å². The van der Waals surface area contributed by atoms with Gasteiger partial charge in [-0.1, -0.05) is 43.7 Å². The monoisotopic (exact) mass is 514 g/mol. The van der Waals surface area contributed by atoms with Crippen molar-refractivity contribution < 1.29 is 14.0 Å². The van der Waals surface area contributed by atoms with Crippen LogP contribution in [0.2, 0.25) is 0 Å². The van der Waals surface area contributed by atoms with Gasteiger partial charge < -0.3 is 19.4 Å². The number of fused-ring (bicyclic) bond motifs is 1. The summed E-state index contributed by atoms with van der Waals surface area (Å²) in [5.41, 5.74) is 5.05. The smallest absolute Gasteiger partial charge is 0.494 e. The van der Waals surface area contributed by atoms with Crippen molar-refractivity contribution >= 4 is 23.9 Å². The Hall–Kier alpha value is -3.36. The molecule has 8 heteroatoms. The topological polar surface area (TPSA) is 69.4 Å². The summed E-state index contributed by atoms with van der Waals surface area (Å²) in [6.45, 7) is 13.2. The number of nitrogens with one attached hydrogen (secondary N) is 1. The number of benzene rings is 1. The molecule has 3 aromatic rings. The Kier molecular flexibility index (Phi) is 8.43. The Morgan fingerprint density at radius 1 is 1.13 bits per heavy atom. The fraction of sp³-hybridized carbons (Fsp3) is 0.400. The minimum Gasteiger partial charge on any atom is -0.497 e. The van der Waals surface area contributed by atoms with E-state index < -0.39 is 0 Å². The van der Waals surface area contributed by atoms with Crippen LogP contribution < -0.4 is 15.5 Å². The van der Waals surface area contributed by atoms with Crippen molar-refractivity contribution in [1.82, 2.24) is 14.7 Å². The maximum atomic E-state index is 6.18. The van der Waals surface area contributed by atoms with Crippen LogP contribution in [0.4, 0.5) is 0 Å². The molecule has 0 unspecified atom stereocenters. The Morgan fingerprint density at radius 2 is 1.84 bits per heavy atom. The summed E-state index contributed by atoms with van der Waals surface area (Å²) in [4.78, 5) is 9.33. The molecule has 1 fully saturated rings. The third-order valence-electron chi connectivity index (χ3n) is 7.19. The Bertz CT molecular complexity index is 1320. The zero-order chi connectivity index (χ0) is 27.3. The first kappa shape index (κ1) is 27.7. The fourth-order valence-corrected chi connectivity index (χ4v) is 4.10. The molecule has 0 spiro atoms. The van der Waals surface area contributed by atoms with E-state index >= 15 is 0 Å². The van der Waals surface area contributed by atoms with Crippen LogP contribution in [0.1, 0.15) is 65.6 Å². The van der Waals surface area contributed by atoms with Gasteiger partial charge in [0.1, 0.15) is 11.4 Å². The Labute approximate surface area is 226 Å². The lowest BCUT2D eigenvalue weighted by Gasteiger charge is -2.32. The molecule has 200 valence electrons. The van der Waals surface area contributed by atoms with Gasteiger partial charge in [-0.2, -0.15) is 0 Å². The summed E-state index contributed by atoms with van der Waals surface area (Å²) in [5, 5.41) is 3.52. The van der Waals surface area contributed by atoms with Crippen LogP contribution in [0.25, 0.3) is 5.65 Å². The van der Waals surface area contributed by atoms with Crippen molar-refractivity contribution in [2.45, 2.75) is 72.1 Å². The number of allylic oxidation sites excluding steroid dienone is 3. The summed E-state index contributed by atoms with van der Waals surface area (Å²) in [6, 6.07) is 12.2. The molecular weight excluding hydrogens is 475 g/mol. The molecule has 1 aromatic carbocycles. The lowest BCUT2D eigenvalue weighted by atomic mass is 9.79. The van der Waals surface area contributed by atoms with E-state index in [1.54, 1.807) is 7.11 Å². The van der Waals surface area contributed by atoms with Gasteiger partial charge >= 0.3 is 7.12 Å². The minimum absolute atomic E-state index is 0.350. The second-order valence-electron chi connectivity index (χ2n) is 10.6. The average molecular weight is 514 g/mol. The molecule has 38 heavy (non-hydrogen) atoms. The highest BCUT2D eigenvalue weighted by molar-refractivity contribution is 6.62. The van der Waals surface area contributed by atoms with E-state index in [1.807, 2.05) is 35.1 Å². The zero-order valence-electron chi connectivity index (χ0n) is 23.6. The molecule has 1 aliphatic rings. The van der Waals surface area contributed by atoms with E-state index in [-0.39, 0.29) is 18.3 Å². The number of nitrogens with zero attached hydrogens (tertiary/aromatic N) is 3. The second kappa shape index (κ2) is 11.6. The summed E-state index contributed by atoms with van der Waals surface area (Å²) in [5.74, 6) is 0.772. The first-order valence-electron chi connectivity index (χ1n) is 13.2. The zero-order valence-corrected chi connectivity index (χ0v) is 23.6. The average Bonchev–Trinajstić information content (AvgIpc) is 3.41. The standard InChI is InChI=1S/C30H39BN4O3/c1-8-9-10-16-32-26(27-21-34-28-19-25(36-7)15-17-35(27)28)18-22(2)33-20-23-11-13-24(14-12-23)31-37-29(3,4)30(5,6)38-31/h10-19,21,33H,8-9,20H2,1-7H3/b16-10+,22-18+,32-26-. The van der Waals surface area contributed by atoms with Crippen LogP contribution in [0.5, 0.6) is 5.75 Å². The second-order valence-corrected chi connectivity index (χ2v) is 10.6. The summed E-state index contributed by atoms with van der Waals surface area (Å²) >= 11 is 0. The molecule has 7 nitrogen and oxygen atoms in total. The van der Waals surface area contributed by atoms with Crippen LogP contribution in [0.3, 0.4) is 0 Å². The van der Waals surface area contributed by atoms with Gasteiger partial charge in [-0.05, 0) is 64.2 Å². The van der Waals surface area contributed by atoms with Crippen molar-refractivity contribution in [3.63, 3.8) is 0 Å². The largest absolute Gasteiger partial charge is 0.497 e. The molecule has 4 rings (SSSR count). The highest BCUT2D eigenvalue weighted by Gasteiger charge is 2.51. The number of hydrogen-bond donors (Lipinski definition) is 1. The summed E-state index contributed by atoms with van der Waals surface area (Å²) in [7, 11) is 1.30. The number of imidazole rings is 1. The first-order valence-corrected chi connectivity index (χ1v) is 13.2. The van der Waals surface area contributed by atoms with E-state index in [4.69, 9.17) is 19.0 Å². The van der Waals surface area contributed by atoms with Gasteiger partial charge in [-0.15, -0.1) is 0 Å². The van der Waals surface area contributed by atoms with Crippen LogP contribution in [-0.4, -0.2) is 40.5 Å². The molecule has 1 saturated heterocycles. The molecule has 0 radical (unpaired) electrons. The maximum absolute atomic E-state index is 6.18. The molecule has 0 saturated carbocycles. The van der Waals surface area contributed by atoms with Crippen molar-refractivity contribution in [3.05, 3.63) is 84.1 Å². The van der Waals surface area contributed by atoms with E-state index in [1.165, 1.54) is 5.56 Å². The van der Waals surface area contributed by atoms with Crippen LogP contribution >= 0.6 is 0 Å². The number of aromatic nitrogens is 2. The summed E-state index contributed by atoms with van der Waals surface area (Å²) in [6.07, 6.45) is 11.9. The van der Waals surface area contributed by atoms with Crippen molar-refractivity contribution in [1.29, 1.82) is 0 Å². The minimum atomic E-state index is -0.353. The van der Waals surface area contributed by atoms with E-state index in [2.05, 4.69) is 88.3 Å². The van der Waals surface area contributed by atoms with Crippen LogP contribution in [0, 0.1) is 0 Å². The van der Waals surface area contributed by atoms with Crippen LogP contribution in [-0.2, 0) is 15.9 Å². The fourth-order valence-electron chi connectivity index (χ4n) is 4.10. The van der Waals surface area contributed by atoms with Gasteiger partial charge in [-0.3, -0.25) is 9.39 Å². The van der Waals surface area contributed by atoms with E-state index in [9.17, 15) is 0 Å². The van der Waals surface area contributed by atoms with Gasteiger partial charge in [0.05, 0.1) is 35.9 Å². The molecule has 1 N–H and O–H groups in total. The highest BCUT2D eigenvalue weighted by Crippen LogP contribution is 2.36. The number of pyridine rings is 1. The molecule has 0 bridgehead atoms. The molecule has 0 amide bonds. The third-order valence-corrected chi connectivity index (χ3v) is 7.19. The van der Waals surface area contributed by atoms with Gasteiger partial charge in [0.2, 0.25) is 0 Å². The summed E-state index contributed by atoms with van der Waals surface area (Å²) < 4.78 is 19.7. The third kappa shape index (κ3) is 6.19. The molecule has 1 aliphatic heterocycles. The van der Waals surface area contributed by atoms with Gasteiger partial charge in [0.15, 0.2) is 0 Å². The lowest BCUT2D eigenvalue weighted by Crippen LogP contribution is -2.41. The molecule has 2 aromatic heterocycles. The van der Waals surface area contributed by atoms with E-state index in [0.717, 1.165) is 46.8 Å². The van der Waals surface area contributed by atoms with Crippen molar-refractivity contribution in [2.24, 2.45) is 4.99 Å². The van der Waals surface area contributed by atoms with Crippen molar-refractivity contribution in [2.75, 3.05) is 7.11 Å². The number of ether oxygens (including phenoxy) is 1. The number of unbranched alkanes of at least 4 members (excludes halogenated alkanes) is 1. The van der Waals surface area contributed by atoms with Gasteiger partial charge in [0, 0.05) is 30.7 Å². The SMILES string of the molecule is CCC/C=C/N=C(/C=C(\C)NCc1ccc(B2OC(C)(C)C(C)(C)O2)cc1)c1cnc2cc(OC)ccn12. The molecule has 3 heterocycles. The maximum Gasteiger partial charge on any atom is 0.494 e. The first-order chi connectivity index (χ1) is 18.1. The number of rotatable bonds is 10. The Balaban J connectivity index is 1.48. The predicted molar refractivity (Wildman–Crippen MR) is 155 cm³/mol. The van der Waals surface area contributed by atoms with Crippen LogP contribution in [0.15, 0.2) is 77.8 Å². The molecule has 0 atom stereocenters. The van der Waals surface area contributed by atoms with Crippen molar-refractivity contribution in [3.8, 4) is 5.75 Å². The highest BCUT2D eigenvalue weighted by atomic mass is 16.7. The van der Waals surface area contributed by atoms with E-state index in [0.29, 0.717) is 6.54 Å². The Morgan fingerprint density at radius 3 is 2.50 bits per heavy atom. The number of methoxy groups -OCH3 is 1. The lowest BCUT2D eigenvalue weighted by molar-refractivity contribution is 0.00578. The quantitative estimate of drug-likeness (QED) is 0.288. The molecular formula is C30H39BN4O3. The number of aliphatic imine (C=N–C) groups is 1.